The standard InChI is InChI=1S/C33H30O8/c1-20(2)30(34)38-15-16-39-33(37)27-17-26(18-29(19-27)41-32(36)22(5)6)25-9-7-23(8-10-25)24-11-13-28(14-12-24)40-31(35)21(3)4/h7-14,17-19H,1,3,5,15-16H2,2,4,6H3. The van der Waals surface area contributed by atoms with E-state index >= 15 is 0 Å². The van der Waals surface area contributed by atoms with E-state index in [1.165, 1.54) is 19.9 Å². The van der Waals surface area contributed by atoms with E-state index in [-0.39, 0.29) is 35.7 Å². The maximum atomic E-state index is 12.8. The third-order valence-electron chi connectivity index (χ3n) is 5.56. The van der Waals surface area contributed by atoms with Gasteiger partial charge in [-0.3, -0.25) is 0 Å². The second-order valence-electron chi connectivity index (χ2n) is 9.24. The van der Waals surface area contributed by atoms with Crippen LogP contribution in [0, 0.1) is 0 Å². The van der Waals surface area contributed by atoms with Crippen LogP contribution in [0.4, 0.5) is 0 Å². The van der Waals surface area contributed by atoms with Gasteiger partial charge in [-0.2, -0.15) is 0 Å². The van der Waals surface area contributed by atoms with E-state index in [0.717, 1.165) is 16.7 Å². The Morgan fingerprint density at radius 1 is 0.537 bits per heavy atom. The van der Waals surface area contributed by atoms with Crippen molar-refractivity contribution in [3.8, 4) is 33.8 Å². The number of carbonyl (C=O) groups is 4. The molecular formula is C33H30O8. The Bertz CT molecular complexity index is 1510. The van der Waals surface area contributed by atoms with Crippen molar-refractivity contribution in [1.29, 1.82) is 0 Å². The minimum absolute atomic E-state index is 0.132. The summed E-state index contributed by atoms with van der Waals surface area (Å²) in [5.41, 5.74) is 4.03. The highest BCUT2D eigenvalue weighted by atomic mass is 16.6. The normalized spacial score (nSPS) is 10.2. The fraction of sp³-hybridized carbons (Fsp3) is 0.152. The quantitative estimate of drug-likeness (QED) is 0.118. The summed E-state index contributed by atoms with van der Waals surface area (Å²) in [6, 6.07) is 19.2. The summed E-state index contributed by atoms with van der Waals surface area (Å²) in [7, 11) is 0. The Morgan fingerprint density at radius 3 is 1.49 bits per heavy atom. The van der Waals surface area contributed by atoms with Gasteiger partial charge in [0, 0.05) is 16.7 Å². The zero-order valence-electron chi connectivity index (χ0n) is 23.2. The molecule has 41 heavy (non-hydrogen) atoms. The van der Waals surface area contributed by atoms with E-state index < -0.39 is 23.9 Å². The fourth-order valence-corrected chi connectivity index (χ4v) is 3.38. The van der Waals surface area contributed by atoms with Gasteiger partial charge in [-0.1, -0.05) is 56.1 Å². The molecule has 8 nitrogen and oxygen atoms in total. The molecule has 0 spiro atoms. The largest absolute Gasteiger partial charge is 0.459 e. The van der Waals surface area contributed by atoms with Crippen LogP contribution in [0.3, 0.4) is 0 Å². The van der Waals surface area contributed by atoms with Crippen LogP contribution in [0.2, 0.25) is 0 Å². The molecule has 0 saturated heterocycles. The Morgan fingerprint density at radius 2 is 0.976 bits per heavy atom. The average Bonchev–Trinajstić information content (AvgIpc) is 2.95. The second-order valence-corrected chi connectivity index (χ2v) is 9.24. The lowest BCUT2D eigenvalue weighted by Crippen LogP contribution is -2.15. The first kappa shape index (κ1) is 30.3. The van der Waals surface area contributed by atoms with Crippen LogP contribution in [0.15, 0.2) is 103 Å². The first-order valence-corrected chi connectivity index (χ1v) is 12.6. The van der Waals surface area contributed by atoms with Gasteiger partial charge in [0.2, 0.25) is 0 Å². The van der Waals surface area contributed by atoms with Crippen molar-refractivity contribution < 1.29 is 38.1 Å². The molecule has 0 atom stereocenters. The summed E-state index contributed by atoms with van der Waals surface area (Å²) in [4.78, 5) is 48.2. The number of ether oxygens (including phenoxy) is 4. The molecule has 0 aliphatic heterocycles. The molecule has 3 rings (SSSR count). The van der Waals surface area contributed by atoms with Gasteiger partial charge < -0.3 is 18.9 Å². The van der Waals surface area contributed by atoms with Crippen LogP contribution in [0.25, 0.3) is 22.3 Å². The van der Waals surface area contributed by atoms with Crippen molar-refractivity contribution in [1.82, 2.24) is 0 Å². The second kappa shape index (κ2) is 13.7. The van der Waals surface area contributed by atoms with E-state index in [4.69, 9.17) is 18.9 Å². The zero-order chi connectivity index (χ0) is 30.1. The summed E-state index contributed by atoms with van der Waals surface area (Å²) in [6.45, 7) is 15.0. The SMILES string of the molecule is C=C(C)C(=O)OCCOC(=O)c1cc(OC(=O)C(=C)C)cc(-c2ccc(-c3ccc(OC(=O)C(=C)C)cc3)cc2)c1. The van der Waals surface area contributed by atoms with Crippen LogP contribution in [-0.2, 0) is 23.9 Å². The van der Waals surface area contributed by atoms with Crippen molar-refractivity contribution >= 4 is 23.9 Å². The zero-order valence-corrected chi connectivity index (χ0v) is 23.2. The summed E-state index contributed by atoms with van der Waals surface area (Å²) in [6.07, 6.45) is 0. The minimum Gasteiger partial charge on any atom is -0.459 e. The molecule has 8 heteroatoms. The molecule has 0 aliphatic carbocycles. The van der Waals surface area contributed by atoms with Gasteiger partial charge in [-0.25, -0.2) is 19.2 Å². The highest BCUT2D eigenvalue weighted by Crippen LogP contribution is 2.30. The van der Waals surface area contributed by atoms with E-state index in [1.54, 1.807) is 31.2 Å². The number of rotatable bonds is 11. The molecule has 0 N–H and O–H groups in total. The number of benzene rings is 3. The molecule has 0 saturated carbocycles. The molecule has 0 heterocycles. The highest BCUT2D eigenvalue weighted by Gasteiger charge is 2.15. The topological polar surface area (TPSA) is 105 Å². The van der Waals surface area contributed by atoms with E-state index in [2.05, 4.69) is 19.7 Å². The van der Waals surface area contributed by atoms with Gasteiger partial charge in [0.05, 0.1) is 5.56 Å². The first-order chi connectivity index (χ1) is 19.4. The minimum atomic E-state index is -0.685. The number of hydrogen-bond donors (Lipinski definition) is 0. The molecule has 0 radical (unpaired) electrons. The lowest BCUT2D eigenvalue weighted by molar-refractivity contribution is -0.140. The van der Waals surface area contributed by atoms with Crippen LogP contribution in [-0.4, -0.2) is 37.1 Å². The summed E-state index contributed by atoms with van der Waals surface area (Å²) in [5, 5.41) is 0. The summed E-state index contributed by atoms with van der Waals surface area (Å²) < 4.78 is 20.8. The molecule has 0 fully saturated rings. The Hall–Kier alpha value is -5.24. The molecule has 0 bridgehead atoms. The third kappa shape index (κ3) is 8.63. The van der Waals surface area contributed by atoms with Crippen molar-refractivity contribution in [2.24, 2.45) is 0 Å². The maximum Gasteiger partial charge on any atom is 0.338 e. The monoisotopic (exact) mass is 554 g/mol. The number of carbonyl (C=O) groups excluding carboxylic acids is 4. The maximum absolute atomic E-state index is 12.8. The van der Waals surface area contributed by atoms with E-state index in [1.807, 2.05) is 36.4 Å². The summed E-state index contributed by atoms with van der Waals surface area (Å²) >= 11 is 0. The Labute approximate surface area is 238 Å². The molecule has 3 aromatic carbocycles. The molecule has 210 valence electrons. The van der Waals surface area contributed by atoms with E-state index in [9.17, 15) is 19.2 Å². The van der Waals surface area contributed by atoms with Crippen LogP contribution in [0.5, 0.6) is 11.5 Å². The van der Waals surface area contributed by atoms with Gasteiger partial charge in [0.15, 0.2) is 0 Å². The molecule has 0 unspecified atom stereocenters. The van der Waals surface area contributed by atoms with Gasteiger partial charge in [-0.05, 0) is 73.4 Å². The molecule has 3 aromatic rings. The predicted octanol–water partition coefficient (Wildman–Crippen LogP) is 6.26. The summed E-state index contributed by atoms with van der Waals surface area (Å²) in [5.74, 6) is -1.85. The Kier molecular flexibility index (Phi) is 10.1. The predicted molar refractivity (Wildman–Crippen MR) is 154 cm³/mol. The average molecular weight is 555 g/mol. The highest BCUT2D eigenvalue weighted by molar-refractivity contribution is 5.93. The van der Waals surface area contributed by atoms with Crippen LogP contribution < -0.4 is 9.47 Å². The molecule has 0 amide bonds. The van der Waals surface area contributed by atoms with Gasteiger partial charge in [0.25, 0.3) is 0 Å². The fourth-order valence-electron chi connectivity index (χ4n) is 3.38. The Balaban J connectivity index is 1.81. The number of hydrogen-bond acceptors (Lipinski definition) is 8. The van der Waals surface area contributed by atoms with Gasteiger partial charge >= 0.3 is 23.9 Å². The van der Waals surface area contributed by atoms with Crippen molar-refractivity contribution in [3.63, 3.8) is 0 Å². The van der Waals surface area contributed by atoms with Gasteiger partial charge in [-0.15, -0.1) is 0 Å². The molecular weight excluding hydrogens is 524 g/mol. The van der Waals surface area contributed by atoms with Crippen LogP contribution in [0.1, 0.15) is 31.1 Å². The van der Waals surface area contributed by atoms with E-state index in [0.29, 0.717) is 16.9 Å². The smallest absolute Gasteiger partial charge is 0.338 e. The van der Waals surface area contributed by atoms with Crippen molar-refractivity contribution in [2.75, 3.05) is 13.2 Å². The molecule has 0 aromatic heterocycles. The van der Waals surface area contributed by atoms with Gasteiger partial charge in [0.1, 0.15) is 24.7 Å². The third-order valence-corrected chi connectivity index (χ3v) is 5.56. The van der Waals surface area contributed by atoms with Crippen LogP contribution >= 0.6 is 0 Å². The lowest BCUT2D eigenvalue weighted by Gasteiger charge is -2.12. The molecule has 0 aliphatic rings. The van der Waals surface area contributed by atoms with Crippen molar-refractivity contribution in [3.05, 3.63) is 109 Å². The lowest BCUT2D eigenvalue weighted by atomic mass is 9.98. The number of esters is 4. The first-order valence-electron chi connectivity index (χ1n) is 12.6. The van der Waals surface area contributed by atoms with Crippen molar-refractivity contribution in [2.45, 2.75) is 20.8 Å².